The number of carbonyl (C=O) groups is 3. The third-order valence-electron chi connectivity index (χ3n) is 20.6. The molecule has 4 saturated carbocycles. The van der Waals surface area contributed by atoms with Crippen LogP contribution in [0, 0.1) is 52.3 Å². The number of alkyl carbamates (subject to hydrolysis) is 1. The van der Waals surface area contributed by atoms with Gasteiger partial charge < -0.3 is 43.2 Å². The summed E-state index contributed by atoms with van der Waals surface area (Å²) in [6.07, 6.45) is 8.30. The zero-order valence-electron chi connectivity index (χ0n) is 51.6. The van der Waals surface area contributed by atoms with E-state index in [1.807, 2.05) is 152 Å². The van der Waals surface area contributed by atoms with E-state index >= 15 is 4.79 Å². The highest BCUT2D eigenvalue weighted by molar-refractivity contribution is 5.82. The van der Waals surface area contributed by atoms with Crippen LogP contribution in [0.2, 0.25) is 0 Å². The predicted octanol–water partition coefficient (Wildman–Crippen LogP) is 15.3. The average Bonchev–Trinajstić information content (AvgIpc) is 1.49. The SMILES string of the molecule is CC(C)CCC[C@@H](C)[C@H]1CC[C@H]2[C@@H]3CC[C@H]4C[C@@H](OC(=O)CCC(NC(=O)OCc5ccccc5)C(=O)O[C@@H]5O[C@H](COCc6ccccc6)[C@@H](OCc6ccccc6)[C@H](OCc6ccccc6)[C@H]5OCc5ccccc5)CC[C@]4(C)[C@H]3CC[C@]12C. The summed E-state index contributed by atoms with van der Waals surface area (Å²) < 4.78 is 52.4. The van der Waals surface area contributed by atoms with Gasteiger partial charge in [0.25, 0.3) is 0 Å². The van der Waals surface area contributed by atoms with Crippen molar-refractivity contribution < 1.29 is 52.3 Å². The smallest absolute Gasteiger partial charge is 0.408 e. The minimum atomic E-state index is -1.40. The molecule has 15 atom stereocenters. The van der Waals surface area contributed by atoms with Crippen LogP contribution in [0.5, 0.6) is 0 Å². The first-order valence-electron chi connectivity index (χ1n) is 32.4. The Bertz CT molecular complexity index is 2860. The molecule has 4 aliphatic carbocycles. The van der Waals surface area contributed by atoms with Gasteiger partial charge in [-0.2, -0.15) is 0 Å². The lowest BCUT2D eigenvalue weighted by Gasteiger charge is -2.61. The summed E-state index contributed by atoms with van der Waals surface area (Å²) >= 11 is 0. The summed E-state index contributed by atoms with van der Waals surface area (Å²) in [7, 11) is 0. The van der Waals surface area contributed by atoms with E-state index < -0.39 is 54.8 Å². The second-order valence-electron chi connectivity index (χ2n) is 26.6. The molecule has 1 unspecified atom stereocenters. The molecule has 462 valence electrons. The van der Waals surface area contributed by atoms with Gasteiger partial charge in [0.2, 0.25) is 6.29 Å². The molecule has 0 radical (unpaired) electrons. The summed E-state index contributed by atoms with van der Waals surface area (Å²) in [4.78, 5) is 43.0. The van der Waals surface area contributed by atoms with Crippen molar-refractivity contribution in [3.05, 3.63) is 179 Å². The Morgan fingerprint density at radius 1 is 0.558 bits per heavy atom. The molecule has 12 heteroatoms. The summed E-state index contributed by atoms with van der Waals surface area (Å²) in [5.41, 5.74) is 5.14. The molecule has 5 aliphatic rings. The van der Waals surface area contributed by atoms with Crippen LogP contribution >= 0.6 is 0 Å². The number of hydrogen-bond donors (Lipinski definition) is 1. The molecule has 10 rings (SSSR count). The minimum Gasteiger partial charge on any atom is -0.462 e. The van der Waals surface area contributed by atoms with Gasteiger partial charge in [0, 0.05) is 6.42 Å². The Kier molecular flexibility index (Phi) is 22.3. The van der Waals surface area contributed by atoms with Crippen molar-refractivity contribution in [2.75, 3.05) is 6.61 Å². The molecule has 86 heavy (non-hydrogen) atoms. The summed E-state index contributed by atoms with van der Waals surface area (Å²) in [6.45, 7) is 13.3. The van der Waals surface area contributed by atoms with E-state index in [1.54, 1.807) is 0 Å². The van der Waals surface area contributed by atoms with Crippen LogP contribution in [-0.4, -0.2) is 67.5 Å². The van der Waals surface area contributed by atoms with E-state index in [9.17, 15) is 9.59 Å². The van der Waals surface area contributed by atoms with E-state index in [2.05, 4.69) is 39.9 Å². The standard InChI is InChI=1S/C74H95NO11/c1-51(2)22-21-23-52(3)61-36-37-62-60-35-34-58-44-59(40-42-73(58,4)63(60)41-43-74(61,62)5)84-66(76)39-38-64(75-72(78)83-49-57-32-19-10-20-33-57)70(77)86-71-69(82-48-56-30-17-9-18-31-56)68(81-47-55-28-15-8-16-29-55)67(80-46-54-26-13-7-14-27-54)65(85-71)50-79-45-53-24-11-6-12-25-53/h6-20,24-33,51-52,58-65,67-69,71H,21-23,34-50H2,1-5H3,(H,75,78)/t52-,58+,59+,60+,61-,62+,63+,64?,65-,67-,68+,69-,71+,73+,74-/m1/s1. The fourth-order valence-electron chi connectivity index (χ4n) is 16.1. The fourth-order valence-corrected chi connectivity index (χ4v) is 16.1. The Morgan fingerprint density at radius 2 is 1.09 bits per heavy atom. The maximum Gasteiger partial charge on any atom is 0.408 e. The maximum atomic E-state index is 15.1. The minimum absolute atomic E-state index is 0.0330. The molecule has 5 aromatic rings. The normalized spacial score (nSPS) is 29.3. The van der Waals surface area contributed by atoms with E-state index in [4.69, 9.17) is 37.9 Å². The van der Waals surface area contributed by atoms with E-state index in [0.29, 0.717) is 17.3 Å². The van der Waals surface area contributed by atoms with Crippen LogP contribution in [0.25, 0.3) is 0 Å². The van der Waals surface area contributed by atoms with Gasteiger partial charge in [-0.3, -0.25) is 4.79 Å². The second-order valence-corrected chi connectivity index (χ2v) is 26.6. The Hall–Kier alpha value is -5.89. The number of nitrogens with one attached hydrogen (secondary N) is 1. The number of hydrogen-bond acceptors (Lipinski definition) is 11. The highest BCUT2D eigenvalue weighted by Gasteiger charge is 2.61. The molecule has 0 bridgehead atoms. The fraction of sp³-hybridized carbons (Fsp3) is 0.554. The topological polar surface area (TPSA) is 137 Å². The Balaban J connectivity index is 0.850. The summed E-state index contributed by atoms with van der Waals surface area (Å²) in [5, 5.41) is 2.77. The highest BCUT2D eigenvalue weighted by atomic mass is 16.7. The molecule has 5 fully saturated rings. The molecule has 5 aromatic carbocycles. The molecule has 1 heterocycles. The van der Waals surface area contributed by atoms with Gasteiger partial charge in [-0.05, 0) is 144 Å². The lowest BCUT2D eigenvalue weighted by atomic mass is 9.44. The van der Waals surface area contributed by atoms with Crippen LogP contribution in [0.4, 0.5) is 4.79 Å². The molecular weight excluding hydrogens is 1080 g/mol. The zero-order valence-corrected chi connectivity index (χ0v) is 51.6. The van der Waals surface area contributed by atoms with Crippen molar-refractivity contribution in [1.29, 1.82) is 0 Å². The van der Waals surface area contributed by atoms with Gasteiger partial charge in [-0.1, -0.05) is 206 Å². The number of benzene rings is 5. The summed E-state index contributed by atoms with van der Waals surface area (Å²) in [6, 6.07) is 47.2. The molecular formula is C74H95NO11. The predicted molar refractivity (Wildman–Crippen MR) is 332 cm³/mol. The first-order chi connectivity index (χ1) is 41.8. The zero-order chi connectivity index (χ0) is 59.9. The highest BCUT2D eigenvalue weighted by Crippen LogP contribution is 2.68. The van der Waals surface area contributed by atoms with Crippen LogP contribution in [0.3, 0.4) is 0 Å². The summed E-state index contributed by atoms with van der Waals surface area (Å²) in [5.74, 6) is 3.89. The van der Waals surface area contributed by atoms with Crippen molar-refractivity contribution >= 4 is 18.0 Å². The molecule has 0 aromatic heterocycles. The van der Waals surface area contributed by atoms with Gasteiger partial charge in [-0.15, -0.1) is 0 Å². The largest absolute Gasteiger partial charge is 0.462 e. The molecule has 1 aliphatic heterocycles. The second kappa shape index (κ2) is 30.3. The number of amides is 1. The average molecular weight is 1170 g/mol. The van der Waals surface area contributed by atoms with E-state index in [0.717, 1.165) is 76.7 Å². The Labute approximate surface area is 512 Å². The van der Waals surface area contributed by atoms with Crippen molar-refractivity contribution in [1.82, 2.24) is 5.32 Å². The van der Waals surface area contributed by atoms with E-state index in [-0.39, 0.29) is 64.0 Å². The molecule has 12 nitrogen and oxygen atoms in total. The van der Waals surface area contributed by atoms with Crippen LogP contribution in [0.15, 0.2) is 152 Å². The van der Waals surface area contributed by atoms with Crippen molar-refractivity contribution in [3.63, 3.8) is 0 Å². The third kappa shape index (κ3) is 16.2. The van der Waals surface area contributed by atoms with Gasteiger partial charge in [-0.25, -0.2) is 9.59 Å². The molecule has 1 amide bonds. The number of fused-ring (bicyclic) bond motifs is 5. The van der Waals surface area contributed by atoms with E-state index in [1.165, 1.54) is 57.8 Å². The van der Waals surface area contributed by atoms with Gasteiger partial charge >= 0.3 is 18.0 Å². The first kappa shape index (κ1) is 63.1. The first-order valence-corrected chi connectivity index (χ1v) is 32.4. The number of rotatable bonds is 27. The monoisotopic (exact) mass is 1170 g/mol. The van der Waals surface area contributed by atoms with Crippen molar-refractivity contribution in [3.8, 4) is 0 Å². The maximum absolute atomic E-state index is 15.1. The lowest BCUT2D eigenvalue weighted by Crippen LogP contribution is -2.62. The van der Waals surface area contributed by atoms with Gasteiger partial charge in [0.1, 0.15) is 43.2 Å². The van der Waals surface area contributed by atoms with Crippen LogP contribution in [-0.2, 0) is 80.5 Å². The van der Waals surface area contributed by atoms with Crippen LogP contribution in [0.1, 0.15) is 152 Å². The lowest BCUT2D eigenvalue weighted by molar-refractivity contribution is -0.321. The van der Waals surface area contributed by atoms with Crippen molar-refractivity contribution in [2.24, 2.45) is 52.3 Å². The molecule has 0 spiro atoms. The van der Waals surface area contributed by atoms with Gasteiger partial charge in [0.15, 0.2) is 0 Å². The molecule has 1 N–H and O–H groups in total. The quantitative estimate of drug-likeness (QED) is 0.0397. The third-order valence-corrected chi connectivity index (χ3v) is 20.6. The number of carbonyl (C=O) groups excluding carboxylic acids is 3. The van der Waals surface area contributed by atoms with Crippen molar-refractivity contribution in [2.45, 2.75) is 200 Å². The van der Waals surface area contributed by atoms with Crippen LogP contribution < -0.4 is 5.32 Å². The molecule has 1 saturated heterocycles. The number of esters is 2. The Morgan fingerprint density at radius 3 is 1.69 bits per heavy atom. The number of ether oxygens (including phenoxy) is 8. The van der Waals surface area contributed by atoms with Gasteiger partial charge in [0.05, 0.1) is 33.0 Å².